The topological polar surface area (TPSA) is 76.1 Å². The second kappa shape index (κ2) is 6.33. The van der Waals surface area contributed by atoms with Gasteiger partial charge in [-0.15, -0.1) is 0 Å². The van der Waals surface area contributed by atoms with Crippen molar-refractivity contribution >= 4 is 42.4 Å². The molecule has 1 heterocycles. The number of hydrogen-bond donors (Lipinski definition) is 1. The molecular weight excluding hydrogens is 344 g/mol. The normalized spacial score (nSPS) is 11.6. The second-order valence-corrected chi connectivity index (χ2v) is 8.44. The smallest absolute Gasteiger partial charge is 0.257 e. The van der Waals surface area contributed by atoms with Crippen LogP contribution >= 0.6 is 11.3 Å². The third kappa shape index (κ3) is 3.32. The van der Waals surface area contributed by atoms with Crippen molar-refractivity contribution in [1.29, 1.82) is 0 Å². The van der Waals surface area contributed by atoms with E-state index in [2.05, 4.69) is 17.2 Å². The number of hydrogen-bond acceptors (Lipinski definition) is 5. The summed E-state index contributed by atoms with van der Waals surface area (Å²) >= 11 is 1.40. The van der Waals surface area contributed by atoms with Gasteiger partial charge in [-0.25, -0.2) is 13.4 Å². The molecular formula is C17H16N2O3S2. The second-order valence-electron chi connectivity index (χ2n) is 5.39. The van der Waals surface area contributed by atoms with Gasteiger partial charge in [-0.05, 0) is 36.2 Å². The summed E-state index contributed by atoms with van der Waals surface area (Å²) < 4.78 is 24.2. The lowest BCUT2D eigenvalue weighted by Crippen LogP contribution is -2.12. The average molecular weight is 360 g/mol. The number of benzene rings is 2. The number of thiazole rings is 1. The summed E-state index contributed by atoms with van der Waals surface area (Å²) in [5.41, 5.74) is 2.31. The molecule has 0 spiro atoms. The summed E-state index contributed by atoms with van der Waals surface area (Å²) in [6, 6.07) is 11.9. The molecule has 0 unspecified atom stereocenters. The van der Waals surface area contributed by atoms with E-state index in [4.69, 9.17) is 0 Å². The number of nitrogens with one attached hydrogen (secondary N) is 1. The largest absolute Gasteiger partial charge is 0.298 e. The van der Waals surface area contributed by atoms with Crippen molar-refractivity contribution in [2.24, 2.45) is 0 Å². The van der Waals surface area contributed by atoms with Crippen molar-refractivity contribution in [3.63, 3.8) is 0 Å². The third-order valence-corrected chi connectivity index (χ3v) is 5.67. The fourth-order valence-corrected chi connectivity index (χ4v) is 3.96. The molecule has 0 fully saturated rings. The van der Waals surface area contributed by atoms with E-state index in [1.165, 1.54) is 23.5 Å². The van der Waals surface area contributed by atoms with Crippen LogP contribution in [0.1, 0.15) is 22.8 Å². The summed E-state index contributed by atoms with van der Waals surface area (Å²) in [6.07, 6.45) is 1.98. The van der Waals surface area contributed by atoms with E-state index in [1.54, 1.807) is 12.1 Å². The molecule has 24 heavy (non-hydrogen) atoms. The molecule has 0 saturated carbocycles. The van der Waals surface area contributed by atoms with Gasteiger partial charge >= 0.3 is 0 Å². The van der Waals surface area contributed by atoms with E-state index in [0.717, 1.165) is 28.5 Å². The standard InChI is InChI=1S/C17H16N2O3S2/c1-3-11-6-5-9-14-15(11)18-17(23-14)19-16(20)12-7-4-8-13(10-12)24(2,21)22/h4-10H,3H2,1-2H3,(H,18,19,20). The van der Waals surface area contributed by atoms with Crippen LogP contribution in [0.2, 0.25) is 0 Å². The summed E-state index contributed by atoms with van der Waals surface area (Å²) in [4.78, 5) is 17.0. The van der Waals surface area contributed by atoms with Crippen LogP contribution in [-0.4, -0.2) is 25.6 Å². The number of nitrogens with zero attached hydrogens (tertiary/aromatic N) is 1. The van der Waals surface area contributed by atoms with Crippen LogP contribution in [0.25, 0.3) is 10.2 Å². The fraction of sp³-hybridized carbons (Fsp3) is 0.176. The Morgan fingerprint density at radius 1 is 1.21 bits per heavy atom. The number of rotatable bonds is 4. The number of amides is 1. The lowest BCUT2D eigenvalue weighted by atomic mass is 10.1. The van der Waals surface area contributed by atoms with Crippen LogP contribution in [0.5, 0.6) is 0 Å². The van der Waals surface area contributed by atoms with Crippen LogP contribution < -0.4 is 5.32 Å². The predicted molar refractivity (Wildman–Crippen MR) is 96.5 cm³/mol. The Morgan fingerprint density at radius 2 is 1.96 bits per heavy atom. The number of anilines is 1. The van der Waals surface area contributed by atoms with Crippen LogP contribution in [0.3, 0.4) is 0 Å². The molecule has 3 rings (SSSR count). The maximum atomic E-state index is 12.4. The van der Waals surface area contributed by atoms with Gasteiger partial charge in [0, 0.05) is 11.8 Å². The van der Waals surface area contributed by atoms with E-state index in [0.29, 0.717) is 5.13 Å². The molecule has 1 aromatic heterocycles. The van der Waals surface area contributed by atoms with Crippen LogP contribution in [0.15, 0.2) is 47.4 Å². The monoisotopic (exact) mass is 360 g/mol. The Balaban J connectivity index is 1.90. The first-order chi connectivity index (χ1) is 11.4. The molecule has 0 aliphatic rings. The maximum absolute atomic E-state index is 12.4. The van der Waals surface area contributed by atoms with Gasteiger partial charge in [-0.1, -0.05) is 36.5 Å². The number of aromatic nitrogens is 1. The Labute approximate surface area is 144 Å². The molecule has 0 aliphatic carbocycles. The lowest BCUT2D eigenvalue weighted by molar-refractivity contribution is 0.102. The summed E-state index contributed by atoms with van der Waals surface area (Å²) in [6.45, 7) is 2.06. The minimum Gasteiger partial charge on any atom is -0.298 e. The van der Waals surface area contributed by atoms with Gasteiger partial charge in [0.1, 0.15) is 0 Å². The summed E-state index contributed by atoms with van der Waals surface area (Å²) in [5, 5.41) is 3.25. The Bertz CT molecular complexity index is 1020. The van der Waals surface area contributed by atoms with Gasteiger partial charge in [-0.3, -0.25) is 10.1 Å². The van der Waals surface area contributed by atoms with Crippen molar-refractivity contribution in [2.75, 3.05) is 11.6 Å². The van der Waals surface area contributed by atoms with E-state index in [9.17, 15) is 13.2 Å². The highest BCUT2D eigenvalue weighted by Crippen LogP contribution is 2.29. The quantitative estimate of drug-likeness (QED) is 0.772. The highest BCUT2D eigenvalue weighted by Gasteiger charge is 2.14. The lowest BCUT2D eigenvalue weighted by Gasteiger charge is -2.03. The van der Waals surface area contributed by atoms with Crippen molar-refractivity contribution in [3.05, 3.63) is 53.6 Å². The van der Waals surface area contributed by atoms with Crippen molar-refractivity contribution in [2.45, 2.75) is 18.2 Å². The third-order valence-electron chi connectivity index (χ3n) is 3.63. The molecule has 0 radical (unpaired) electrons. The maximum Gasteiger partial charge on any atom is 0.257 e. The number of sulfone groups is 1. The molecule has 1 N–H and O–H groups in total. The number of aryl methyl sites for hydroxylation is 1. The summed E-state index contributed by atoms with van der Waals surface area (Å²) in [5.74, 6) is -0.377. The van der Waals surface area contributed by atoms with Gasteiger partial charge in [0.05, 0.1) is 15.1 Å². The molecule has 0 atom stereocenters. The van der Waals surface area contributed by atoms with Gasteiger partial charge < -0.3 is 0 Å². The van der Waals surface area contributed by atoms with Gasteiger partial charge in [0.25, 0.3) is 5.91 Å². The first-order valence-electron chi connectivity index (χ1n) is 7.38. The molecule has 5 nitrogen and oxygen atoms in total. The minimum absolute atomic E-state index is 0.118. The molecule has 3 aromatic rings. The molecule has 124 valence electrons. The number of carbonyl (C=O) groups excluding carboxylic acids is 1. The zero-order chi connectivity index (χ0) is 17.3. The van der Waals surface area contributed by atoms with Crippen molar-refractivity contribution in [3.8, 4) is 0 Å². The fourth-order valence-electron chi connectivity index (χ4n) is 2.38. The molecule has 7 heteroatoms. The number of para-hydroxylation sites is 1. The Hall–Kier alpha value is -2.25. The Morgan fingerprint density at radius 3 is 2.67 bits per heavy atom. The highest BCUT2D eigenvalue weighted by molar-refractivity contribution is 7.90. The first kappa shape index (κ1) is 16.6. The zero-order valence-corrected chi connectivity index (χ0v) is 14.9. The first-order valence-corrected chi connectivity index (χ1v) is 10.1. The van der Waals surface area contributed by atoms with E-state index < -0.39 is 9.84 Å². The molecule has 0 saturated heterocycles. The number of carbonyl (C=O) groups is 1. The van der Waals surface area contributed by atoms with Crippen molar-refractivity contribution in [1.82, 2.24) is 4.98 Å². The van der Waals surface area contributed by atoms with Crippen LogP contribution in [0.4, 0.5) is 5.13 Å². The molecule has 2 aromatic carbocycles. The molecule has 1 amide bonds. The average Bonchev–Trinajstić information content (AvgIpc) is 2.96. The zero-order valence-electron chi connectivity index (χ0n) is 13.2. The highest BCUT2D eigenvalue weighted by atomic mass is 32.2. The minimum atomic E-state index is -3.35. The van der Waals surface area contributed by atoms with Gasteiger partial charge in [0.15, 0.2) is 15.0 Å². The van der Waals surface area contributed by atoms with Crippen LogP contribution in [0, 0.1) is 0 Å². The van der Waals surface area contributed by atoms with Crippen LogP contribution in [-0.2, 0) is 16.3 Å². The SMILES string of the molecule is CCc1cccc2sc(NC(=O)c3cccc(S(C)(=O)=O)c3)nc12. The summed E-state index contributed by atoms with van der Waals surface area (Å²) in [7, 11) is -3.35. The van der Waals surface area contributed by atoms with E-state index in [1.807, 2.05) is 18.2 Å². The molecule has 0 aliphatic heterocycles. The van der Waals surface area contributed by atoms with Gasteiger partial charge in [-0.2, -0.15) is 0 Å². The number of fused-ring (bicyclic) bond motifs is 1. The Kier molecular flexibility index (Phi) is 4.38. The predicted octanol–water partition coefficient (Wildman–Crippen LogP) is 3.51. The van der Waals surface area contributed by atoms with E-state index >= 15 is 0 Å². The van der Waals surface area contributed by atoms with Crippen molar-refractivity contribution < 1.29 is 13.2 Å². The van der Waals surface area contributed by atoms with Gasteiger partial charge in [0.2, 0.25) is 0 Å². The van der Waals surface area contributed by atoms with E-state index in [-0.39, 0.29) is 16.4 Å². The molecule has 0 bridgehead atoms.